The second-order valence-electron chi connectivity index (χ2n) is 5.77. The van der Waals surface area contributed by atoms with Gasteiger partial charge in [0.05, 0.1) is 18.9 Å². The molecule has 1 aromatic heterocycles. The van der Waals surface area contributed by atoms with Gasteiger partial charge in [-0.25, -0.2) is 9.78 Å². The van der Waals surface area contributed by atoms with Crippen molar-refractivity contribution in [1.82, 2.24) is 9.88 Å². The molecule has 0 amide bonds. The van der Waals surface area contributed by atoms with E-state index in [0.717, 1.165) is 30.3 Å². The molecule has 1 atom stereocenters. The maximum absolute atomic E-state index is 12.0. The zero-order valence-electron chi connectivity index (χ0n) is 14.0. The molecule has 2 heterocycles. The number of hydrogen-bond acceptors (Lipinski definition) is 6. The molecule has 1 fully saturated rings. The Balaban J connectivity index is 1.68. The first-order valence-corrected chi connectivity index (χ1v) is 9.01. The lowest BCUT2D eigenvalue weighted by atomic mass is 10.2. The van der Waals surface area contributed by atoms with Gasteiger partial charge in [0.25, 0.3) is 0 Å². The molecule has 0 N–H and O–H groups in total. The van der Waals surface area contributed by atoms with Crippen LogP contribution in [0.3, 0.4) is 0 Å². The number of benzene rings is 1. The molecule has 1 aliphatic rings. The summed E-state index contributed by atoms with van der Waals surface area (Å²) in [5.41, 5.74) is 2.01. The van der Waals surface area contributed by atoms with Gasteiger partial charge in [0.15, 0.2) is 0 Å². The van der Waals surface area contributed by atoms with Crippen molar-refractivity contribution in [2.24, 2.45) is 0 Å². The molecular weight excluding hydrogens is 324 g/mol. The predicted octanol–water partition coefficient (Wildman–Crippen LogP) is 3.20. The van der Waals surface area contributed by atoms with E-state index in [1.807, 2.05) is 13.0 Å². The fourth-order valence-electron chi connectivity index (χ4n) is 2.78. The Hall–Kier alpha value is -1.76. The summed E-state index contributed by atoms with van der Waals surface area (Å²) in [6.45, 7) is 7.28. The molecule has 3 rings (SSSR count). The third kappa shape index (κ3) is 4.01. The van der Waals surface area contributed by atoms with Gasteiger partial charge in [-0.05, 0) is 19.4 Å². The Kier molecular flexibility index (Phi) is 5.60. The molecule has 2 aromatic rings. The van der Waals surface area contributed by atoms with E-state index < -0.39 is 0 Å². The van der Waals surface area contributed by atoms with Gasteiger partial charge >= 0.3 is 5.97 Å². The molecular formula is C18H22N2O3S. The lowest BCUT2D eigenvalue weighted by molar-refractivity contribution is -0.0330. The zero-order valence-corrected chi connectivity index (χ0v) is 14.8. The monoisotopic (exact) mass is 346 g/mol. The van der Waals surface area contributed by atoms with E-state index in [2.05, 4.69) is 34.1 Å². The third-order valence-electron chi connectivity index (χ3n) is 3.95. The maximum atomic E-state index is 12.0. The van der Waals surface area contributed by atoms with Crippen LogP contribution >= 0.6 is 11.3 Å². The molecule has 5 nitrogen and oxygen atoms in total. The minimum atomic E-state index is -0.296. The Bertz CT molecular complexity index is 687. The number of hydrogen-bond donors (Lipinski definition) is 0. The van der Waals surface area contributed by atoms with Crippen molar-refractivity contribution in [2.75, 3.05) is 26.3 Å². The van der Waals surface area contributed by atoms with E-state index in [9.17, 15) is 4.79 Å². The molecule has 6 heteroatoms. The molecule has 0 radical (unpaired) electrons. The molecule has 128 valence electrons. The van der Waals surface area contributed by atoms with Crippen LogP contribution in [0.25, 0.3) is 0 Å². The molecule has 0 bridgehead atoms. The molecule has 1 saturated heterocycles. The average molecular weight is 346 g/mol. The normalized spacial score (nSPS) is 18.5. The molecule has 0 aliphatic carbocycles. The van der Waals surface area contributed by atoms with E-state index in [0.29, 0.717) is 18.1 Å². The van der Waals surface area contributed by atoms with Gasteiger partial charge in [-0.15, -0.1) is 11.3 Å². The van der Waals surface area contributed by atoms with Crippen LogP contribution in [0.5, 0.6) is 0 Å². The van der Waals surface area contributed by atoms with Crippen molar-refractivity contribution in [3.63, 3.8) is 0 Å². The SMILES string of the molecule is CCOC(=O)c1sc(C2CN(Cc3ccccc3)CCO2)nc1C. The highest BCUT2D eigenvalue weighted by Gasteiger charge is 2.27. The number of rotatable bonds is 5. The minimum absolute atomic E-state index is 0.0886. The van der Waals surface area contributed by atoms with Crippen LogP contribution < -0.4 is 0 Å². The van der Waals surface area contributed by atoms with Gasteiger partial charge < -0.3 is 9.47 Å². The van der Waals surface area contributed by atoms with Crippen LogP contribution in [0.2, 0.25) is 0 Å². The summed E-state index contributed by atoms with van der Waals surface area (Å²) < 4.78 is 11.0. The van der Waals surface area contributed by atoms with Crippen molar-refractivity contribution in [3.8, 4) is 0 Å². The van der Waals surface area contributed by atoms with Crippen molar-refractivity contribution < 1.29 is 14.3 Å². The zero-order chi connectivity index (χ0) is 16.9. The number of morpholine rings is 1. The molecule has 0 saturated carbocycles. The number of aromatic nitrogens is 1. The highest BCUT2D eigenvalue weighted by atomic mass is 32.1. The molecule has 1 unspecified atom stereocenters. The van der Waals surface area contributed by atoms with E-state index in [1.54, 1.807) is 6.92 Å². The fraction of sp³-hybridized carbons (Fsp3) is 0.444. The number of aryl methyl sites for hydroxylation is 1. The van der Waals surface area contributed by atoms with Gasteiger partial charge in [0, 0.05) is 19.6 Å². The van der Waals surface area contributed by atoms with Crippen LogP contribution in [-0.4, -0.2) is 42.2 Å². The first-order valence-electron chi connectivity index (χ1n) is 8.19. The van der Waals surface area contributed by atoms with Crippen LogP contribution in [0.4, 0.5) is 0 Å². The summed E-state index contributed by atoms with van der Waals surface area (Å²) in [4.78, 5) is 19.5. The number of carbonyl (C=O) groups excluding carboxylic acids is 1. The van der Waals surface area contributed by atoms with Gasteiger partial charge in [-0.2, -0.15) is 0 Å². The number of thiazole rings is 1. The van der Waals surface area contributed by atoms with E-state index >= 15 is 0 Å². The maximum Gasteiger partial charge on any atom is 0.350 e. The topological polar surface area (TPSA) is 51.7 Å². The van der Waals surface area contributed by atoms with Gasteiger partial charge in [-0.3, -0.25) is 4.90 Å². The van der Waals surface area contributed by atoms with Crippen LogP contribution in [-0.2, 0) is 16.0 Å². The van der Waals surface area contributed by atoms with Crippen molar-refractivity contribution in [3.05, 3.63) is 51.5 Å². The van der Waals surface area contributed by atoms with Gasteiger partial charge in [0.1, 0.15) is 16.0 Å². The number of nitrogens with zero attached hydrogens (tertiary/aromatic N) is 2. The van der Waals surface area contributed by atoms with Crippen LogP contribution in [0.1, 0.15) is 39.0 Å². The summed E-state index contributed by atoms with van der Waals surface area (Å²) in [7, 11) is 0. The first kappa shape index (κ1) is 17.1. The smallest absolute Gasteiger partial charge is 0.350 e. The fourth-order valence-corrected chi connectivity index (χ4v) is 3.78. The number of carbonyl (C=O) groups is 1. The van der Waals surface area contributed by atoms with Gasteiger partial charge in [-0.1, -0.05) is 30.3 Å². The highest BCUT2D eigenvalue weighted by Crippen LogP contribution is 2.29. The Morgan fingerprint density at radius 2 is 2.21 bits per heavy atom. The number of esters is 1. The summed E-state index contributed by atoms with van der Waals surface area (Å²) in [5.74, 6) is -0.296. The Labute approximate surface area is 146 Å². The summed E-state index contributed by atoms with van der Waals surface area (Å²) in [6, 6.07) is 10.4. The van der Waals surface area contributed by atoms with Crippen molar-refractivity contribution in [1.29, 1.82) is 0 Å². The van der Waals surface area contributed by atoms with Crippen molar-refractivity contribution >= 4 is 17.3 Å². The Morgan fingerprint density at radius 1 is 1.42 bits per heavy atom. The largest absolute Gasteiger partial charge is 0.462 e. The van der Waals surface area contributed by atoms with E-state index in [4.69, 9.17) is 9.47 Å². The van der Waals surface area contributed by atoms with Crippen LogP contribution in [0.15, 0.2) is 30.3 Å². The molecule has 1 aliphatic heterocycles. The number of ether oxygens (including phenoxy) is 2. The quantitative estimate of drug-likeness (QED) is 0.778. The third-order valence-corrected chi connectivity index (χ3v) is 5.18. The lowest BCUT2D eigenvalue weighted by Crippen LogP contribution is -2.37. The molecule has 0 spiro atoms. The minimum Gasteiger partial charge on any atom is -0.462 e. The molecule has 24 heavy (non-hydrogen) atoms. The molecule has 1 aromatic carbocycles. The standard InChI is InChI=1S/C18H22N2O3S/c1-3-22-18(21)16-13(2)19-17(24-16)15-12-20(9-10-23-15)11-14-7-5-4-6-8-14/h4-8,15H,3,9-12H2,1-2H3. The predicted molar refractivity (Wildman–Crippen MR) is 93.2 cm³/mol. The van der Waals surface area contributed by atoms with E-state index in [1.165, 1.54) is 16.9 Å². The van der Waals surface area contributed by atoms with Gasteiger partial charge in [0.2, 0.25) is 0 Å². The average Bonchev–Trinajstić information content (AvgIpc) is 2.98. The van der Waals surface area contributed by atoms with Crippen LogP contribution in [0, 0.1) is 6.92 Å². The first-order chi connectivity index (χ1) is 11.7. The lowest BCUT2D eigenvalue weighted by Gasteiger charge is -2.31. The van der Waals surface area contributed by atoms with E-state index in [-0.39, 0.29) is 12.1 Å². The summed E-state index contributed by atoms with van der Waals surface area (Å²) in [5, 5.41) is 0.855. The Morgan fingerprint density at radius 3 is 2.96 bits per heavy atom. The second-order valence-corrected chi connectivity index (χ2v) is 6.80. The second kappa shape index (κ2) is 7.88. The summed E-state index contributed by atoms with van der Waals surface area (Å²) in [6.07, 6.45) is -0.0886. The van der Waals surface area contributed by atoms with Crippen molar-refractivity contribution in [2.45, 2.75) is 26.5 Å². The highest BCUT2D eigenvalue weighted by molar-refractivity contribution is 7.13. The summed E-state index contributed by atoms with van der Waals surface area (Å²) >= 11 is 1.39.